The molecule has 0 saturated carbocycles. The lowest BCUT2D eigenvalue weighted by Gasteiger charge is -2.10. The van der Waals surface area contributed by atoms with Crippen LogP contribution in [-0.2, 0) is 17.9 Å². The molecule has 0 atom stereocenters. The molecule has 0 amide bonds. The van der Waals surface area contributed by atoms with E-state index in [2.05, 4.69) is 14.8 Å². The summed E-state index contributed by atoms with van der Waals surface area (Å²) in [6.07, 6.45) is 3.61. The highest BCUT2D eigenvalue weighted by Gasteiger charge is 2.20. The van der Waals surface area contributed by atoms with Crippen LogP contribution in [0.15, 0.2) is 76.9 Å². The van der Waals surface area contributed by atoms with Gasteiger partial charge >= 0.3 is 5.97 Å². The summed E-state index contributed by atoms with van der Waals surface area (Å²) in [5.74, 6) is 0.743. The first-order valence-corrected chi connectivity index (χ1v) is 14.2. The molecule has 11 heteroatoms. The number of carbonyl (C=O) groups is 1. The highest BCUT2D eigenvalue weighted by molar-refractivity contribution is 8.04. The molecular weight excluding hydrogens is 583 g/mol. The van der Waals surface area contributed by atoms with Crippen LogP contribution in [0.1, 0.15) is 18.1 Å². The van der Waals surface area contributed by atoms with Gasteiger partial charge in [-0.2, -0.15) is 0 Å². The van der Waals surface area contributed by atoms with Crippen molar-refractivity contribution in [3.63, 3.8) is 0 Å². The van der Waals surface area contributed by atoms with E-state index in [-0.39, 0.29) is 4.91 Å². The Balaban J connectivity index is 1.52. The molecule has 0 fully saturated rings. The Labute approximate surface area is 251 Å². The van der Waals surface area contributed by atoms with E-state index >= 15 is 0 Å². The van der Waals surface area contributed by atoms with Crippen molar-refractivity contribution in [3.05, 3.63) is 92.9 Å². The van der Waals surface area contributed by atoms with Gasteiger partial charge < -0.3 is 23.7 Å². The number of benzene rings is 3. The second-order valence-electron chi connectivity index (χ2n) is 9.05. The Morgan fingerprint density at radius 2 is 1.73 bits per heavy atom. The third-order valence-corrected chi connectivity index (χ3v) is 8.23. The van der Waals surface area contributed by atoms with Gasteiger partial charge in [0, 0.05) is 47.4 Å². The van der Waals surface area contributed by atoms with Gasteiger partial charge in [-0.15, -0.1) is 10.2 Å². The second-order valence-corrected chi connectivity index (χ2v) is 10.9. The van der Waals surface area contributed by atoms with Crippen molar-refractivity contribution < 1.29 is 19.4 Å². The third-order valence-electron chi connectivity index (χ3n) is 6.50. The molecule has 0 aliphatic heterocycles. The molecule has 2 aromatic heterocycles. The molecule has 0 radical (unpaired) electrons. The molecule has 2 heterocycles. The molecular formula is C30H26Cl2N4O4S. The van der Waals surface area contributed by atoms with Crippen molar-refractivity contribution in [2.75, 3.05) is 14.2 Å². The minimum absolute atomic E-state index is 0.110. The Bertz CT molecular complexity index is 1760. The van der Waals surface area contributed by atoms with Crippen LogP contribution in [0.5, 0.6) is 11.5 Å². The van der Waals surface area contributed by atoms with Crippen LogP contribution in [0.25, 0.3) is 28.4 Å². The quantitative estimate of drug-likeness (QED) is 0.129. The van der Waals surface area contributed by atoms with E-state index in [4.69, 9.17) is 32.7 Å². The zero-order valence-electron chi connectivity index (χ0n) is 22.5. The highest BCUT2D eigenvalue weighted by atomic mass is 35.5. The number of carboxylic acids is 1. The number of para-hydroxylation sites is 1. The fourth-order valence-corrected chi connectivity index (χ4v) is 5.73. The number of ether oxygens (including phenoxy) is 2. The minimum atomic E-state index is -1.06. The maximum atomic E-state index is 12.4. The molecule has 0 aliphatic rings. The predicted molar refractivity (Wildman–Crippen MR) is 163 cm³/mol. The van der Waals surface area contributed by atoms with E-state index in [9.17, 15) is 9.90 Å². The monoisotopic (exact) mass is 608 g/mol. The van der Waals surface area contributed by atoms with Crippen molar-refractivity contribution >= 4 is 57.9 Å². The maximum Gasteiger partial charge on any atom is 0.342 e. The smallest absolute Gasteiger partial charge is 0.342 e. The maximum absolute atomic E-state index is 12.4. The van der Waals surface area contributed by atoms with Gasteiger partial charge in [-0.25, -0.2) is 4.79 Å². The summed E-state index contributed by atoms with van der Waals surface area (Å²) in [6.45, 7) is 3.02. The summed E-state index contributed by atoms with van der Waals surface area (Å²) in [7, 11) is 3.16. The van der Waals surface area contributed by atoms with E-state index in [1.807, 2.05) is 66.2 Å². The molecule has 0 aliphatic carbocycles. The summed E-state index contributed by atoms with van der Waals surface area (Å²) < 4.78 is 14.7. The molecule has 0 spiro atoms. The molecule has 3 aromatic carbocycles. The number of hydrogen-bond donors (Lipinski definition) is 1. The van der Waals surface area contributed by atoms with Crippen molar-refractivity contribution in [1.29, 1.82) is 0 Å². The van der Waals surface area contributed by atoms with Crippen molar-refractivity contribution in [3.8, 4) is 22.9 Å². The van der Waals surface area contributed by atoms with Crippen LogP contribution in [0.4, 0.5) is 0 Å². The van der Waals surface area contributed by atoms with Crippen molar-refractivity contribution in [1.82, 2.24) is 19.3 Å². The Hall–Kier alpha value is -3.92. The van der Waals surface area contributed by atoms with Gasteiger partial charge in [-0.1, -0.05) is 47.5 Å². The first-order valence-electron chi connectivity index (χ1n) is 12.6. The zero-order valence-corrected chi connectivity index (χ0v) is 24.8. The number of thioether (sulfide) groups is 1. The van der Waals surface area contributed by atoms with E-state index < -0.39 is 5.97 Å². The Morgan fingerprint density at radius 3 is 2.39 bits per heavy atom. The summed E-state index contributed by atoms with van der Waals surface area (Å²) in [5, 5.41) is 21.3. The van der Waals surface area contributed by atoms with Crippen LogP contribution in [0, 0.1) is 0 Å². The van der Waals surface area contributed by atoms with Gasteiger partial charge in [0.1, 0.15) is 16.4 Å². The fraction of sp³-hybridized carbons (Fsp3) is 0.167. The predicted octanol–water partition coefficient (Wildman–Crippen LogP) is 7.51. The molecule has 5 rings (SSSR count). The molecule has 1 N–H and O–H groups in total. The number of nitrogens with zero attached hydrogens (tertiary/aromatic N) is 4. The first-order chi connectivity index (χ1) is 19.8. The number of aromatic nitrogens is 4. The average Bonchev–Trinajstić information content (AvgIpc) is 3.55. The van der Waals surface area contributed by atoms with Gasteiger partial charge in [-0.05, 0) is 60.7 Å². The van der Waals surface area contributed by atoms with Gasteiger partial charge in [0.2, 0.25) is 0 Å². The molecule has 210 valence electrons. The molecule has 8 nitrogen and oxygen atoms in total. The van der Waals surface area contributed by atoms with E-state index in [0.29, 0.717) is 45.6 Å². The minimum Gasteiger partial charge on any atom is -0.497 e. The van der Waals surface area contributed by atoms with Crippen LogP contribution < -0.4 is 9.47 Å². The number of rotatable bonds is 10. The lowest BCUT2D eigenvalue weighted by molar-refractivity contribution is -0.131. The third kappa shape index (κ3) is 6.07. The van der Waals surface area contributed by atoms with Crippen LogP contribution in [0.3, 0.4) is 0 Å². The van der Waals surface area contributed by atoms with E-state index in [0.717, 1.165) is 39.4 Å². The Kier molecular flexibility index (Phi) is 8.58. The van der Waals surface area contributed by atoms with Crippen molar-refractivity contribution in [2.45, 2.75) is 25.2 Å². The molecule has 41 heavy (non-hydrogen) atoms. The second kappa shape index (κ2) is 12.3. The number of methoxy groups -OCH3 is 2. The molecule has 0 saturated heterocycles. The topological polar surface area (TPSA) is 91.4 Å². The van der Waals surface area contributed by atoms with Crippen LogP contribution >= 0.6 is 35.0 Å². The van der Waals surface area contributed by atoms with Gasteiger partial charge in [0.05, 0.1) is 24.3 Å². The van der Waals surface area contributed by atoms with E-state index in [1.165, 1.54) is 0 Å². The normalized spacial score (nSPS) is 11.7. The van der Waals surface area contributed by atoms with E-state index in [1.54, 1.807) is 32.4 Å². The molecule has 0 unspecified atom stereocenters. The average molecular weight is 610 g/mol. The Morgan fingerprint density at radius 1 is 1.00 bits per heavy atom. The number of carboxylic acid groups (broad SMARTS) is 1. The summed E-state index contributed by atoms with van der Waals surface area (Å²) >= 11 is 13.4. The largest absolute Gasteiger partial charge is 0.497 e. The number of halogens is 2. The number of fused-ring (bicyclic) bond motifs is 1. The summed E-state index contributed by atoms with van der Waals surface area (Å²) in [6, 6.07) is 18.8. The molecule has 5 aromatic rings. The highest BCUT2D eigenvalue weighted by Crippen LogP contribution is 2.35. The summed E-state index contributed by atoms with van der Waals surface area (Å²) in [5.41, 5.74) is 3.45. The lowest BCUT2D eigenvalue weighted by Crippen LogP contribution is -2.03. The zero-order chi connectivity index (χ0) is 29.1. The number of aliphatic carboxylic acids is 1. The first kappa shape index (κ1) is 28.6. The van der Waals surface area contributed by atoms with Crippen LogP contribution in [-0.4, -0.2) is 44.6 Å². The summed E-state index contributed by atoms with van der Waals surface area (Å²) in [4.78, 5) is 12.6. The number of hydrogen-bond acceptors (Lipinski definition) is 6. The van der Waals surface area contributed by atoms with Gasteiger partial charge in [0.25, 0.3) is 0 Å². The van der Waals surface area contributed by atoms with Crippen molar-refractivity contribution in [2.24, 2.45) is 0 Å². The molecule has 0 bridgehead atoms. The SMILES string of the molecule is CCn1c(S/C(=C\c2cn(Cc3ccc(Cl)c(Cl)c3)c3ccccc23)C(=O)O)nnc1-c1cc(OC)cc(OC)c1. The standard InChI is InChI=1S/C30H26Cl2N4O4S/c1-4-36-28(19-12-21(39-2)15-22(13-19)40-3)33-34-30(36)41-27(29(37)38)14-20-17-35(26-8-6-5-7-23(20)26)16-18-9-10-24(31)25(32)11-18/h5-15,17H,4,16H2,1-3H3,(H,37,38)/b27-14-. The lowest BCUT2D eigenvalue weighted by atomic mass is 10.1. The van der Waals surface area contributed by atoms with Gasteiger partial charge in [0.15, 0.2) is 11.0 Å². The van der Waals surface area contributed by atoms with Crippen LogP contribution in [0.2, 0.25) is 10.0 Å². The van der Waals surface area contributed by atoms with Gasteiger partial charge in [-0.3, -0.25) is 0 Å². The fourth-order valence-electron chi connectivity index (χ4n) is 4.53.